The van der Waals surface area contributed by atoms with Crippen LogP contribution in [0, 0.1) is 13.8 Å². The van der Waals surface area contributed by atoms with Gasteiger partial charge in [0.05, 0.1) is 11.8 Å². The van der Waals surface area contributed by atoms with Crippen molar-refractivity contribution in [3.05, 3.63) is 17.0 Å². The Morgan fingerprint density at radius 1 is 1.32 bits per heavy atom. The van der Waals surface area contributed by atoms with Crippen molar-refractivity contribution in [2.45, 2.75) is 52.1 Å². The first-order valence-electron chi connectivity index (χ1n) is 10.2. The molecule has 0 spiro atoms. The van der Waals surface area contributed by atoms with Crippen LogP contribution in [0.25, 0.3) is 0 Å². The molecule has 2 rings (SSSR count). The van der Waals surface area contributed by atoms with Crippen molar-refractivity contribution in [1.82, 2.24) is 25.3 Å². The molecule has 0 radical (unpaired) electrons. The first-order valence-corrected chi connectivity index (χ1v) is 10.2. The molecule has 0 aliphatic carbocycles. The van der Waals surface area contributed by atoms with Crippen LogP contribution in [0.5, 0.6) is 0 Å². The summed E-state index contributed by atoms with van der Waals surface area (Å²) in [6.07, 6.45) is 5.56. The van der Waals surface area contributed by atoms with E-state index in [0.717, 1.165) is 44.5 Å². The van der Waals surface area contributed by atoms with E-state index in [9.17, 15) is 4.79 Å². The number of aryl methyl sites for hydroxylation is 2. The van der Waals surface area contributed by atoms with Gasteiger partial charge in [0.1, 0.15) is 6.54 Å². The second-order valence-corrected chi connectivity index (χ2v) is 7.63. The summed E-state index contributed by atoms with van der Waals surface area (Å²) in [5.74, 6) is 0.653. The third-order valence-corrected chi connectivity index (χ3v) is 5.20. The summed E-state index contributed by atoms with van der Waals surface area (Å²) in [6, 6.07) is 0. The van der Waals surface area contributed by atoms with Crippen molar-refractivity contribution in [1.29, 1.82) is 0 Å². The minimum absolute atomic E-state index is 0.0170. The molecule has 1 fully saturated rings. The van der Waals surface area contributed by atoms with Crippen LogP contribution in [-0.2, 0) is 23.0 Å². The highest BCUT2D eigenvalue weighted by Crippen LogP contribution is 2.14. The monoisotopic (exact) mass is 392 g/mol. The first-order chi connectivity index (χ1) is 13.4. The number of carbonyl (C=O) groups is 1. The van der Waals surface area contributed by atoms with Gasteiger partial charge in [-0.15, -0.1) is 0 Å². The van der Waals surface area contributed by atoms with Gasteiger partial charge < -0.3 is 20.3 Å². The molecule has 1 atom stereocenters. The largest absolute Gasteiger partial charge is 0.376 e. The lowest BCUT2D eigenvalue weighted by molar-refractivity contribution is -0.127. The van der Waals surface area contributed by atoms with Crippen LogP contribution in [0.15, 0.2) is 4.99 Å². The lowest BCUT2D eigenvalue weighted by Crippen LogP contribution is -2.43. The summed E-state index contributed by atoms with van der Waals surface area (Å²) in [7, 11) is 5.47. The number of hydrogen-bond acceptors (Lipinski definition) is 4. The molecule has 1 aliphatic rings. The van der Waals surface area contributed by atoms with Crippen LogP contribution in [0.2, 0.25) is 0 Å². The summed E-state index contributed by atoms with van der Waals surface area (Å²) >= 11 is 0. The number of aromatic nitrogens is 2. The summed E-state index contributed by atoms with van der Waals surface area (Å²) in [6.45, 7) is 6.61. The van der Waals surface area contributed by atoms with Crippen molar-refractivity contribution in [2.75, 3.05) is 40.3 Å². The maximum absolute atomic E-state index is 11.9. The third-order valence-electron chi connectivity index (χ3n) is 5.20. The van der Waals surface area contributed by atoms with Gasteiger partial charge in [-0.1, -0.05) is 0 Å². The number of hydrogen-bond donors (Lipinski definition) is 2. The Bertz CT molecular complexity index is 662. The smallest absolute Gasteiger partial charge is 0.243 e. The fraction of sp³-hybridized carbons (Fsp3) is 0.750. The van der Waals surface area contributed by atoms with Crippen LogP contribution < -0.4 is 10.6 Å². The van der Waals surface area contributed by atoms with Gasteiger partial charge in [-0.3, -0.25) is 9.48 Å². The van der Waals surface area contributed by atoms with Crippen molar-refractivity contribution >= 4 is 11.9 Å². The molecule has 2 heterocycles. The Balaban J connectivity index is 1.84. The van der Waals surface area contributed by atoms with Crippen LogP contribution in [0.3, 0.4) is 0 Å². The Morgan fingerprint density at radius 2 is 2.11 bits per heavy atom. The van der Waals surface area contributed by atoms with E-state index in [1.807, 2.05) is 11.7 Å². The van der Waals surface area contributed by atoms with E-state index in [1.54, 1.807) is 19.0 Å². The summed E-state index contributed by atoms with van der Waals surface area (Å²) in [5, 5.41) is 11.2. The molecule has 1 aromatic rings. The van der Waals surface area contributed by atoms with Crippen LogP contribution in [0.1, 0.15) is 42.6 Å². The van der Waals surface area contributed by atoms with Crippen molar-refractivity contribution in [2.24, 2.45) is 12.0 Å². The number of amides is 1. The van der Waals surface area contributed by atoms with Gasteiger partial charge in [0, 0.05) is 46.5 Å². The molecule has 28 heavy (non-hydrogen) atoms. The maximum atomic E-state index is 11.9. The highest BCUT2D eigenvalue weighted by molar-refractivity contribution is 5.84. The summed E-state index contributed by atoms with van der Waals surface area (Å²) < 4.78 is 7.71. The number of ether oxygens (including phenoxy) is 1. The Labute approximate surface area is 168 Å². The summed E-state index contributed by atoms with van der Waals surface area (Å²) in [5.41, 5.74) is 3.63. The van der Waals surface area contributed by atoms with E-state index < -0.39 is 0 Å². The maximum Gasteiger partial charge on any atom is 0.243 e. The number of guanidine groups is 1. The van der Waals surface area contributed by atoms with Crippen molar-refractivity contribution in [3.8, 4) is 0 Å². The van der Waals surface area contributed by atoms with E-state index in [4.69, 9.17) is 4.74 Å². The van der Waals surface area contributed by atoms with Crippen LogP contribution in [0.4, 0.5) is 0 Å². The minimum Gasteiger partial charge on any atom is -0.376 e. The van der Waals surface area contributed by atoms with E-state index in [1.165, 1.54) is 17.7 Å². The van der Waals surface area contributed by atoms with Crippen LogP contribution in [-0.4, -0.2) is 73.0 Å². The molecule has 1 amide bonds. The molecular formula is C20H36N6O2. The van der Waals surface area contributed by atoms with Crippen molar-refractivity contribution < 1.29 is 9.53 Å². The average molecular weight is 393 g/mol. The molecule has 158 valence electrons. The quantitative estimate of drug-likeness (QED) is 0.394. The zero-order valence-electron chi connectivity index (χ0n) is 18.0. The average Bonchev–Trinajstić information content (AvgIpc) is 2.92. The number of rotatable bonds is 8. The lowest BCUT2D eigenvalue weighted by atomic mass is 10.1. The number of carbonyl (C=O) groups excluding carboxylic acids is 1. The van der Waals surface area contributed by atoms with Gasteiger partial charge in [-0.25, -0.2) is 4.99 Å². The fourth-order valence-corrected chi connectivity index (χ4v) is 3.29. The molecule has 1 saturated heterocycles. The molecule has 0 saturated carbocycles. The van der Waals surface area contributed by atoms with Gasteiger partial charge in [0.25, 0.3) is 0 Å². The topological polar surface area (TPSA) is 83.8 Å². The van der Waals surface area contributed by atoms with Gasteiger partial charge in [0.2, 0.25) is 5.91 Å². The van der Waals surface area contributed by atoms with Gasteiger partial charge in [0.15, 0.2) is 5.96 Å². The Hall–Kier alpha value is -2.09. The fourth-order valence-electron chi connectivity index (χ4n) is 3.29. The lowest BCUT2D eigenvalue weighted by Gasteiger charge is -2.24. The van der Waals surface area contributed by atoms with E-state index in [0.29, 0.717) is 12.5 Å². The molecular weight excluding hydrogens is 356 g/mol. The minimum atomic E-state index is -0.0170. The molecule has 8 heteroatoms. The second-order valence-electron chi connectivity index (χ2n) is 7.63. The normalized spacial score (nSPS) is 17.5. The Morgan fingerprint density at radius 3 is 2.71 bits per heavy atom. The van der Waals surface area contributed by atoms with Gasteiger partial charge in [-0.2, -0.15) is 5.10 Å². The second kappa shape index (κ2) is 11.0. The predicted octanol–water partition coefficient (Wildman–Crippen LogP) is 1.16. The van der Waals surface area contributed by atoms with E-state index in [-0.39, 0.29) is 18.6 Å². The number of likely N-dealkylation sites (N-methyl/N-ethyl adjacent to an activating group) is 1. The molecule has 8 nitrogen and oxygen atoms in total. The predicted molar refractivity (Wildman–Crippen MR) is 112 cm³/mol. The molecule has 1 aliphatic heterocycles. The molecule has 0 aromatic carbocycles. The highest BCUT2D eigenvalue weighted by Gasteiger charge is 2.14. The number of nitrogens with zero attached hydrogens (tertiary/aromatic N) is 4. The molecule has 2 N–H and O–H groups in total. The summed E-state index contributed by atoms with van der Waals surface area (Å²) in [4.78, 5) is 17.9. The van der Waals surface area contributed by atoms with E-state index in [2.05, 4.69) is 34.6 Å². The SMILES string of the molecule is Cc1nn(C)c(C)c1CCCNC(=NCC(=O)N(C)C)NCC1CCCCO1. The third kappa shape index (κ3) is 6.82. The number of nitrogens with one attached hydrogen (secondary N) is 2. The van der Waals surface area contributed by atoms with Crippen molar-refractivity contribution in [3.63, 3.8) is 0 Å². The Kier molecular flexibility index (Phi) is 8.76. The first kappa shape index (κ1) is 22.2. The van der Waals surface area contributed by atoms with Gasteiger partial charge in [-0.05, 0) is 51.5 Å². The van der Waals surface area contributed by atoms with E-state index >= 15 is 0 Å². The highest BCUT2D eigenvalue weighted by atomic mass is 16.5. The molecule has 0 bridgehead atoms. The number of aliphatic imine (C=N–C) groups is 1. The van der Waals surface area contributed by atoms with Gasteiger partial charge >= 0.3 is 0 Å². The molecule has 1 unspecified atom stereocenters. The van der Waals surface area contributed by atoms with Crippen LogP contribution >= 0.6 is 0 Å². The standard InChI is InChI=1S/C20H36N6O2/c1-15-18(16(2)26(5)24-15)10-8-11-21-20(23-14-19(27)25(3)4)22-13-17-9-6-7-12-28-17/h17H,6-14H2,1-5H3,(H2,21,22,23). The molecule has 1 aromatic heterocycles. The zero-order chi connectivity index (χ0) is 20.5. The zero-order valence-corrected chi connectivity index (χ0v) is 18.0.